The molecule has 1 aromatic rings. The summed E-state index contributed by atoms with van der Waals surface area (Å²) in [6.07, 6.45) is 4.49. The van der Waals surface area contributed by atoms with E-state index in [1.807, 2.05) is 0 Å². The highest BCUT2D eigenvalue weighted by molar-refractivity contribution is 5.32. The summed E-state index contributed by atoms with van der Waals surface area (Å²) in [6, 6.07) is 1.44. The van der Waals surface area contributed by atoms with E-state index in [2.05, 4.69) is 15.3 Å². The Morgan fingerprint density at radius 1 is 1.60 bits per heavy atom. The monoisotopic (exact) mass is 209 g/mol. The Morgan fingerprint density at radius 2 is 2.40 bits per heavy atom. The number of anilines is 1. The minimum Gasteiger partial charge on any atom is -0.396 e. The van der Waals surface area contributed by atoms with Gasteiger partial charge in [-0.3, -0.25) is 4.79 Å². The smallest absolute Gasteiger partial charge is 0.252 e. The standard InChI is InChI=1S/C10H15N3O2/c14-4-3-10(1-2-10)6-11-8-5-9(15)13-7-12-8/h5,7,14H,1-4,6H2,(H2,11,12,13,15). The second-order valence-corrected chi connectivity index (χ2v) is 4.12. The summed E-state index contributed by atoms with van der Waals surface area (Å²) in [5.41, 5.74) is 0.0819. The normalized spacial score (nSPS) is 17.4. The lowest BCUT2D eigenvalue weighted by atomic mass is 10.0. The van der Waals surface area contributed by atoms with Gasteiger partial charge < -0.3 is 15.4 Å². The lowest BCUT2D eigenvalue weighted by molar-refractivity contribution is 0.253. The molecule has 5 heteroatoms. The van der Waals surface area contributed by atoms with Crippen molar-refractivity contribution in [1.29, 1.82) is 0 Å². The number of aliphatic hydroxyl groups is 1. The first kappa shape index (κ1) is 10.2. The van der Waals surface area contributed by atoms with Gasteiger partial charge in [0.05, 0.1) is 6.33 Å². The Bertz CT molecular complexity index is 384. The maximum Gasteiger partial charge on any atom is 0.252 e. The van der Waals surface area contributed by atoms with Crippen LogP contribution in [0.3, 0.4) is 0 Å². The zero-order valence-electron chi connectivity index (χ0n) is 8.49. The number of H-pyrrole nitrogens is 1. The van der Waals surface area contributed by atoms with E-state index in [9.17, 15) is 4.79 Å². The van der Waals surface area contributed by atoms with E-state index in [-0.39, 0.29) is 17.6 Å². The molecule has 3 N–H and O–H groups in total. The Kier molecular flexibility index (Phi) is 2.73. The number of nitrogens with one attached hydrogen (secondary N) is 2. The number of hydrogen-bond acceptors (Lipinski definition) is 4. The molecule has 0 saturated heterocycles. The van der Waals surface area contributed by atoms with Crippen LogP contribution in [0.2, 0.25) is 0 Å². The number of aromatic amines is 1. The maximum absolute atomic E-state index is 11.0. The van der Waals surface area contributed by atoms with Gasteiger partial charge >= 0.3 is 0 Å². The van der Waals surface area contributed by atoms with Gasteiger partial charge in [0.25, 0.3) is 5.56 Å². The van der Waals surface area contributed by atoms with Crippen molar-refractivity contribution in [2.75, 3.05) is 18.5 Å². The Morgan fingerprint density at radius 3 is 3.00 bits per heavy atom. The summed E-state index contributed by atoms with van der Waals surface area (Å²) in [5, 5.41) is 12.0. The predicted octanol–water partition coefficient (Wildman–Crippen LogP) is 0.344. The van der Waals surface area contributed by atoms with E-state index >= 15 is 0 Å². The van der Waals surface area contributed by atoms with E-state index in [0.717, 1.165) is 25.8 Å². The molecule has 1 aliphatic carbocycles. The van der Waals surface area contributed by atoms with Crippen molar-refractivity contribution in [2.45, 2.75) is 19.3 Å². The van der Waals surface area contributed by atoms with Crippen LogP contribution >= 0.6 is 0 Å². The van der Waals surface area contributed by atoms with Gasteiger partial charge in [-0.05, 0) is 24.7 Å². The fourth-order valence-electron chi connectivity index (χ4n) is 1.67. The molecule has 0 radical (unpaired) electrons. The summed E-state index contributed by atoms with van der Waals surface area (Å²) in [5.74, 6) is 0.600. The summed E-state index contributed by atoms with van der Waals surface area (Å²) < 4.78 is 0. The Balaban J connectivity index is 1.91. The van der Waals surface area contributed by atoms with E-state index in [1.165, 1.54) is 12.4 Å². The zero-order chi connectivity index (χ0) is 10.7. The molecule has 1 saturated carbocycles. The molecule has 2 rings (SSSR count). The first-order valence-corrected chi connectivity index (χ1v) is 5.14. The van der Waals surface area contributed by atoms with Gasteiger partial charge in [0.1, 0.15) is 5.82 Å². The SMILES string of the molecule is O=c1cc(NCC2(CCO)CC2)nc[nH]1. The van der Waals surface area contributed by atoms with Gasteiger partial charge in [-0.25, -0.2) is 4.98 Å². The largest absolute Gasteiger partial charge is 0.396 e. The van der Waals surface area contributed by atoms with Crippen molar-refractivity contribution < 1.29 is 5.11 Å². The van der Waals surface area contributed by atoms with Gasteiger partial charge in [0.15, 0.2) is 0 Å². The van der Waals surface area contributed by atoms with Crippen LogP contribution in [0.25, 0.3) is 0 Å². The van der Waals surface area contributed by atoms with Crippen molar-refractivity contribution in [2.24, 2.45) is 5.41 Å². The number of rotatable bonds is 5. The molecule has 15 heavy (non-hydrogen) atoms. The molecule has 0 aromatic carbocycles. The Hall–Kier alpha value is -1.36. The van der Waals surface area contributed by atoms with Crippen molar-refractivity contribution in [1.82, 2.24) is 9.97 Å². The van der Waals surface area contributed by atoms with Crippen LogP contribution in [-0.4, -0.2) is 28.2 Å². The summed E-state index contributed by atoms with van der Waals surface area (Å²) in [7, 11) is 0. The molecule has 0 spiro atoms. The summed E-state index contributed by atoms with van der Waals surface area (Å²) in [6.45, 7) is 1.01. The molecule has 1 aliphatic rings. The number of aromatic nitrogens is 2. The second-order valence-electron chi connectivity index (χ2n) is 4.12. The highest BCUT2D eigenvalue weighted by Gasteiger charge is 2.41. The fourth-order valence-corrected chi connectivity index (χ4v) is 1.67. The minimum absolute atomic E-state index is 0.153. The topological polar surface area (TPSA) is 78.0 Å². The third kappa shape index (κ3) is 2.56. The molecule has 5 nitrogen and oxygen atoms in total. The number of aliphatic hydroxyl groups excluding tert-OH is 1. The van der Waals surface area contributed by atoms with Crippen LogP contribution in [0.4, 0.5) is 5.82 Å². The van der Waals surface area contributed by atoms with E-state index in [1.54, 1.807) is 0 Å². The average molecular weight is 209 g/mol. The summed E-state index contributed by atoms with van der Waals surface area (Å²) >= 11 is 0. The first-order chi connectivity index (χ1) is 7.24. The second kappa shape index (κ2) is 4.02. The maximum atomic E-state index is 11.0. The molecule has 1 fully saturated rings. The quantitative estimate of drug-likeness (QED) is 0.653. The van der Waals surface area contributed by atoms with Gasteiger partial charge in [-0.1, -0.05) is 0 Å². The van der Waals surface area contributed by atoms with Crippen LogP contribution in [0.1, 0.15) is 19.3 Å². The number of nitrogens with zero attached hydrogens (tertiary/aromatic N) is 1. The molecular formula is C10H15N3O2. The van der Waals surface area contributed by atoms with Crippen LogP contribution in [0.15, 0.2) is 17.2 Å². The summed E-state index contributed by atoms with van der Waals surface area (Å²) in [4.78, 5) is 17.4. The van der Waals surface area contributed by atoms with Crippen molar-refractivity contribution in [3.8, 4) is 0 Å². The van der Waals surface area contributed by atoms with Crippen molar-refractivity contribution in [3.63, 3.8) is 0 Å². The number of hydrogen-bond donors (Lipinski definition) is 3. The lowest BCUT2D eigenvalue weighted by Gasteiger charge is -2.14. The van der Waals surface area contributed by atoms with Gasteiger partial charge in [0, 0.05) is 19.2 Å². The van der Waals surface area contributed by atoms with E-state index < -0.39 is 0 Å². The van der Waals surface area contributed by atoms with E-state index in [4.69, 9.17) is 5.11 Å². The van der Waals surface area contributed by atoms with Crippen molar-refractivity contribution in [3.05, 3.63) is 22.7 Å². The molecule has 0 bridgehead atoms. The molecule has 0 atom stereocenters. The third-order valence-corrected chi connectivity index (χ3v) is 2.92. The molecule has 0 amide bonds. The highest BCUT2D eigenvalue weighted by Crippen LogP contribution is 2.48. The van der Waals surface area contributed by atoms with Gasteiger partial charge in [-0.15, -0.1) is 0 Å². The van der Waals surface area contributed by atoms with Gasteiger partial charge in [0.2, 0.25) is 0 Å². The third-order valence-electron chi connectivity index (χ3n) is 2.92. The van der Waals surface area contributed by atoms with Crippen LogP contribution < -0.4 is 10.9 Å². The highest BCUT2D eigenvalue weighted by atomic mass is 16.3. The van der Waals surface area contributed by atoms with Crippen LogP contribution in [0.5, 0.6) is 0 Å². The molecule has 1 heterocycles. The molecule has 1 aromatic heterocycles. The molecule has 82 valence electrons. The zero-order valence-corrected chi connectivity index (χ0v) is 8.49. The first-order valence-electron chi connectivity index (χ1n) is 5.14. The van der Waals surface area contributed by atoms with Crippen molar-refractivity contribution >= 4 is 5.82 Å². The average Bonchev–Trinajstić information content (AvgIpc) is 2.97. The fraction of sp³-hybridized carbons (Fsp3) is 0.600. The van der Waals surface area contributed by atoms with E-state index in [0.29, 0.717) is 5.82 Å². The Labute approximate surface area is 87.6 Å². The van der Waals surface area contributed by atoms with Crippen LogP contribution in [-0.2, 0) is 0 Å². The van der Waals surface area contributed by atoms with Gasteiger partial charge in [-0.2, -0.15) is 0 Å². The predicted molar refractivity (Wildman–Crippen MR) is 56.7 cm³/mol. The molecule has 0 aliphatic heterocycles. The molecular weight excluding hydrogens is 194 g/mol. The molecule has 0 unspecified atom stereocenters. The minimum atomic E-state index is -0.153. The van der Waals surface area contributed by atoms with Crippen LogP contribution in [0, 0.1) is 5.41 Å². The lowest BCUT2D eigenvalue weighted by Crippen LogP contribution is -2.18.